The van der Waals surface area contributed by atoms with Crippen LogP contribution in [0.5, 0.6) is 0 Å². The fourth-order valence-corrected chi connectivity index (χ4v) is 3.76. The molecule has 2 unspecified atom stereocenters. The average molecular weight is 365 g/mol. The van der Waals surface area contributed by atoms with Crippen LogP contribution >= 0.6 is 15.9 Å². The highest BCUT2D eigenvalue weighted by Gasteiger charge is 2.41. The van der Waals surface area contributed by atoms with Gasteiger partial charge in [-0.05, 0) is 67.6 Å². The summed E-state index contributed by atoms with van der Waals surface area (Å²) in [5, 5.41) is 0. The maximum Gasteiger partial charge on any atom is 0.411 e. The highest BCUT2D eigenvalue weighted by molar-refractivity contribution is 9.10. The summed E-state index contributed by atoms with van der Waals surface area (Å²) in [4.78, 5) is 18.7. The van der Waals surface area contributed by atoms with Crippen LogP contribution in [0.3, 0.4) is 0 Å². The number of carbonyl (C=O) groups is 1. The molecule has 0 radical (unpaired) electrons. The zero-order valence-electron chi connectivity index (χ0n) is 13.2. The minimum absolute atomic E-state index is 0.135. The number of halogens is 1. The summed E-state index contributed by atoms with van der Waals surface area (Å²) in [5.41, 5.74) is 1.95. The minimum atomic E-state index is -0.451. The summed E-state index contributed by atoms with van der Waals surface area (Å²) in [7, 11) is 0. The first-order valence-corrected chi connectivity index (χ1v) is 8.47. The van der Waals surface area contributed by atoms with Gasteiger partial charge in [0.1, 0.15) is 10.2 Å². The predicted molar refractivity (Wildman–Crippen MR) is 89.4 cm³/mol. The molecule has 1 amide bonds. The largest absolute Gasteiger partial charge is 0.444 e. The van der Waals surface area contributed by atoms with Gasteiger partial charge in [0.25, 0.3) is 0 Å². The number of amides is 1. The van der Waals surface area contributed by atoms with Crippen molar-refractivity contribution in [3.63, 3.8) is 0 Å². The monoisotopic (exact) mass is 364 g/mol. The summed E-state index contributed by atoms with van der Waals surface area (Å²) >= 11 is 3.52. The Morgan fingerprint density at radius 2 is 2.18 bits per heavy atom. The lowest BCUT2D eigenvalue weighted by Crippen LogP contribution is -2.45. The Labute approximate surface area is 139 Å². The van der Waals surface area contributed by atoms with Crippen molar-refractivity contribution in [1.29, 1.82) is 0 Å². The molecule has 118 valence electrons. The van der Waals surface area contributed by atoms with Crippen LogP contribution in [-0.2, 0) is 4.74 Å². The lowest BCUT2D eigenvalue weighted by atomic mass is 9.96. The number of hydrogen-bond acceptors (Lipinski definition) is 3. The van der Waals surface area contributed by atoms with Crippen LogP contribution < -0.4 is 0 Å². The van der Waals surface area contributed by atoms with Gasteiger partial charge in [-0.3, -0.25) is 4.90 Å². The van der Waals surface area contributed by atoms with Gasteiger partial charge in [0, 0.05) is 17.8 Å². The molecule has 22 heavy (non-hydrogen) atoms. The molecule has 1 saturated heterocycles. The van der Waals surface area contributed by atoms with Crippen molar-refractivity contribution in [1.82, 2.24) is 9.88 Å². The van der Waals surface area contributed by atoms with E-state index in [1.165, 1.54) is 5.57 Å². The standard InChI is InChI=1S/C17H21BrN2O2/c1-17(2,3)22-16(21)20-12-6-7-13(20)10-11(9-12)14-5-4-8-19-15(14)18/h4-5,8-9,12-13H,6-7,10H2,1-3H3. The molecular weight excluding hydrogens is 344 g/mol. The van der Waals surface area contributed by atoms with Gasteiger partial charge in [-0.2, -0.15) is 0 Å². The van der Waals surface area contributed by atoms with E-state index in [1.807, 2.05) is 31.7 Å². The van der Waals surface area contributed by atoms with Crippen molar-refractivity contribution in [3.8, 4) is 0 Å². The van der Waals surface area contributed by atoms with Crippen LogP contribution in [0.1, 0.15) is 45.6 Å². The summed E-state index contributed by atoms with van der Waals surface area (Å²) in [6, 6.07) is 4.39. The Kier molecular flexibility index (Phi) is 4.02. The van der Waals surface area contributed by atoms with Crippen molar-refractivity contribution >= 4 is 27.6 Å². The van der Waals surface area contributed by atoms with Crippen molar-refractivity contribution < 1.29 is 9.53 Å². The molecule has 2 aliphatic rings. The number of aromatic nitrogens is 1. The first-order chi connectivity index (χ1) is 10.3. The van der Waals surface area contributed by atoms with Crippen LogP contribution in [-0.4, -0.2) is 33.7 Å². The molecule has 1 aromatic rings. The summed E-state index contributed by atoms with van der Waals surface area (Å²) in [6.45, 7) is 5.72. The molecule has 2 atom stereocenters. The number of rotatable bonds is 1. The smallest absolute Gasteiger partial charge is 0.411 e. The van der Waals surface area contributed by atoms with Gasteiger partial charge in [-0.25, -0.2) is 9.78 Å². The van der Waals surface area contributed by atoms with Crippen LogP contribution in [0.25, 0.3) is 5.57 Å². The van der Waals surface area contributed by atoms with Gasteiger partial charge < -0.3 is 4.74 Å². The molecule has 3 rings (SSSR count). The van der Waals surface area contributed by atoms with Crippen molar-refractivity contribution in [2.24, 2.45) is 0 Å². The third kappa shape index (κ3) is 3.05. The molecule has 5 heteroatoms. The van der Waals surface area contributed by atoms with Gasteiger partial charge in [0.05, 0.1) is 6.04 Å². The van der Waals surface area contributed by atoms with Gasteiger partial charge in [-0.1, -0.05) is 12.1 Å². The number of hydrogen-bond donors (Lipinski definition) is 0. The highest BCUT2D eigenvalue weighted by Crippen LogP contribution is 2.40. The van der Waals surface area contributed by atoms with Crippen LogP contribution in [0, 0.1) is 0 Å². The molecule has 0 saturated carbocycles. The van der Waals surface area contributed by atoms with E-state index in [1.54, 1.807) is 6.20 Å². The van der Waals surface area contributed by atoms with Gasteiger partial charge in [0.2, 0.25) is 0 Å². The maximum atomic E-state index is 12.4. The third-order valence-corrected chi connectivity index (χ3v) is 4.74. The zero-order chi connectivity index (χ0) is 15.9. The number of carbonyl (C=O) groups excluding carboxylic acids is 1. The van der Waals surface area contributed by atoms with E-state index >= 15 is 0 Å². The first-order valence-electron chi connectivity index (χ1n) is 7.68. The fraction of sp³-hybridized carbons (Fsp3) is 0.529. The van der Waals surface area contributed by atoms with E-state index in [0.717, 1.165) is 29.4 Å². The maximum absolute atomic E-state index is 12.4. The molecular formula is C17H21BrN2O2. The number of nitrogens with zero attached hydrogens (tertiary/aromatic N) is 2. The second kappa shape index (κ2) is 5.69. The summed E-state index contributed by atoms with van der Waals surface area (Å²) < 4.78 is 6.43. The molecule has 0 N–H and O–H groups in total. The zero-order valence-corrected chi connectivity index (χ0v) is 14.8. The predicted octanol–water partition coefficient (Wildman–Crippen LogP) is 4.40. The molecule has 2 aliphatic heterocycles. The average Bonchev–Trinajstić information content (AvgIpc) is 2.68. The van der Waals surface area contributed by atoms with Gasteiger partial charge in [-0.15, -0.1) is 0 Å². The Morgan fingerprint density at radius 1 is 1.41 bits per heavy atom. The number of fused-ring (bicyclic) bond motifs is 2. The van der Waals surface area contributed by atoms with Crippen LogP contribution in [0.15, 0.2) is 29.0 Å². The Balaban J connectivity index is 1.84. The molecule has 1 aromatic heterocycles. The quantitative estimate of drug-likeness (QED) is 0.693. The normalized spacial score (nSPS) is 24.2. The molecule has 0 aromatic carbocycles. The van der Waals surface area contributed by atoms with E-state index in [-0.39, 0.29) is 18.2 Å². The van der Waals surface area contributed by atoms with Crippen LogP contribution in [0.2, 0.25) is 0 Å². The molecule has 4 nitrogen and oxygen atoms in total. The summed E-state index contributed by atoms with van der Waals surface area (Å²) in [6.07, 6.45) is 6.68. The molecule has 0 spiro atoms. The van der Waals surface area contributed by atoms with Crippen molar-refractivity contribution in [3.05, 3.63) is 34.6 Å². The molecule has 2 bridgehead atoms. The molecule has 0 aliphatic carbocycles. The van der Waals surface area contributed by atoms with Crippen molar-refractivity contribution in [2.75, 3.05) is 0 Å². The second-order valence-electron chi connectivity index (χ2n) is 6.92. The summed E-state index contributed by atoms with van der Waals surface area (Å²) in [5.74, 6) is 0. The van der Waals surface area contributed by atoms with Crippen molar-refractivity contribution in [2.45, 2.75) is 57.7 Å². The third-order valence-electron chi connectivity index (χ3n) is 4.10. The SMILES string of the molecule is CC(C)(C)OC(=O)N1C2C=C(c3cccnc3Br)CC1CC2. The molecule has 3 heterocycles. The van der Waals surface area contributed by atoms with E-state index in [9.17, 15) is 4.79 Å². The van der Waals surface area contributed by atoms with E-state index in [4.69, 9.17) is 4.74 Å². The Morgan fingerprint density at radius 3 is 2.82 bits per heavy atom. The molecule has 1 fully saturated rings. The van der Waals surface area contributed by atoms with E-state index in [2.05, 4.69) is 33.1 Å². The minimum Gasteiger partial charge on any atom is -0.444 e. The fourth-order valence-electron chi connectivity index (χ4n) is 3.25. The lowest BCUT2D eigenvalue weighted by Gasteiger charge is -2.35. The Hall–Kier alpha value is -1.36. The second-order valence-corrected chi connectivity index (χ2v) is 7.68. The number of ether oxygens (including phenoxy) is 1. The lowest BCUT2D eigenvalue weighted by molar-refractivity contribution is 0.0175. The van der Waals surface area contributed by atoms with E-state index < -0.39 is 5.60 Å². The topological polar surface area (TPSA) is 42.4 Å². The Bertz CT molecular complexity index is 621. The van der Waals surface area contributed by atoms with Crippen LogP contribution in [0.4, 0.5) is 4.79 Å². The van der Waals surface area contributed by atoms with Gasteiger partial charge >= 0.3 is 6.09 Å². The first kappa shape index (κ1) is 15.5. The number of pyridine rings is 1. The highest BCUT2D eigenvalue weighted by atomic mass is 79.9. The van der Waals surface area contributed by atoms with Gasteiger partial charge in [0.15, 0.2) is 0 Å². The van der Waals surface area contributed by atoms with E-state index in [0.29, 0.717) is 0 Å².